The van der Waals surface area contributed by atoms with E-state index in [0.717, 1.165) is 17.3 Å². The molecule has 1 amide bonds. The van der Waals surface area contributed by atoms with E-state index in [4.69, 9.17) is 0 Å². The van der Waals surface area contributed by atoms with Crippen molar-refractivity contribution in [3.05, 3.63) is 35.7 Å². The number of nitrogens with zero attached hydrogens (tertiary/aromatic N) is 2. The Bertz CT molecular complexity index is 625. The highest BCUT2D eigenvalue weighted by Crippen LogP contribution is 2.29. The SMILES string of the molecule is Cc1ccc(NC(=O)CSc2nnc(C(F)(F)F)o2)cc1. The van der Waals surface area contributed by atoms with Crippen molar-refractivity contribution in [3.63, 3.8) is 0 Å². The van der Waals surface area contributed by atoms with Crippen LogP contribution in [0.2, 0.25) is 0 Å². The van der Waals surface area contributed by atoms with Gasteiger partial charge in [0, 0.05) is 5.69 Å². The normalized spacial score (nSPS) is 11.4. The summed E-state index contributed by atoms with van der Waals surface area (Å²) in [6.07, 6.45) is -4.68. The Morgan fingerprint density at radius 3 is 2.52 bits per heavy atom. The first-order valence-corrected chi connectivity index (χ1v) is 6.73. The minimum absolute atomic E-state index is 0.132. The molecule has 0 spiro atoms. The average Bonchev–Trinajstić information content (AvgIpc) is 2.88. The minimum atomic E-state index is -4.68. The van der Waals surface area contributed by atoms with E-state index in [1.54, 1.807) is 12.1 Å². The van der Waals surface area contributed by atoms with Gasteiger partial charge in [0.15, 0.2) is 0 Å². The van der Waals surface area contributed by atoms with Crippen molar-refractivity contribution < 1.29 is 22.4 Å². The number of aromatic nitrogens is 2. The number of halogens is 3. The van der Waals surface area contributed by atoms with Gasteiger partial charge in [0.1, 0.15) is 0 Å². The lowest BCUT2D eigenvalue weighted by Gasteiger charge is -2.04. The number of nitrogens with one attached hydrogen (secondary N) is 1. The van der Waals surface area contributed by atoms with Crippen LogP contribution >= 0.6 is 11.8 Å². The molecule has 0 unspecified atom stereocenters. The van der Waals surface area contributed by atoms with Gasteiger partial charge in [0.25, 0.3) is 5.22 Å². The van der Waals surface area contributed by atoms with E-state index in [1.165, 1.54) is 0 Å². The quantitative estimate of drug-likeness (QED) is 0.878. The maximum atomic E-state index is 12.2. The predicted molar refractivity (Wildman–Crippen MR) is 69.8 cm³/mol. The molecular formula is C12H10F3N3O2S. The number of rotatable bonds is 4. The molecule has 0 bridgehead atoms. The molecule has 0 saturated heterocycles. The van der Waals surface area contributed by atoms with Gasteiger partial charge in [0.2, 0.25) is 5.91 Å². The third-order valence-corrected chi connectivity index (χ3v) is 3.13. The van der Waals surface area contributed by atoms with E-state index in [1.807, 2.05) is 19.1 Å². The smallest absolute Gasteiger partial charge is 0.408 e. The number of carbonyl (C=O) groups is 1. The lowest BCUT2D eigenvalue weighted by atomic mass is 10.2. The fourth-order valence-corrected chi connectivity index (χ4v) is 1.91. The van der Waals surface area contributed by atoms with Gasteiger partial charge < -0.3 is 9.73 Å². The highest BCUT2D eigenvalue weighted by Gasteiger charge is 2.38. The Balaban J connectivity index is 1.86. The van der Waals surface area contributed by atoms with Crippen LogP contribution in [0.4, 0.5) is 18.9 Å². The molecule has 1 N–H and O–H groups in total. The van der Waals surface area contributed by atoms with Crippen molar-refractivity contribution in [3.8, 4) is 0 Å². The van der Waals surface area contributed by atoms with Gasteiger partial charge in [0.05, 0.1) is 5.75 Å². The van der Waals surface area contributed by atoms with Crippen LogP contribution in [0.3, 0.4) is 0 Å². The van der Waals surface area contributed by atoms with Crippen LogP contribution < -0.4 is 5.32 Å². The van der Waals surface area contributed by atoms with Gasteiger partial charge in [-0.15, -0.1) is 10.2 Å². The summed E-state index contributed by atoms with van der Waals surface area (Å²) < 4.78 is 41.1. The van der Waals surface area contributed by atoms with Crippen molar-refractivity contribution in [1.29, 1.82) is 0 Å². The summed E-state index contributed by atoms with van der Waals surface area (Å²) in [4.78, 5) is 11.6. The molecule has 1 heterocycles. The summed E-state index contributed by atoms with van der Waals surface area (Å²) in [5.41, 5.74) is 1.65. The topological polar surface area (TPSA) is 68.0 Å². The number of anilines is 1. The Morgan fingerprint density at radius 1 is 1.29 bits per heavy atom. The number of carbonyl (C=O) groups excluding carboxylic acids is 1. The Morgan fingerprint density at radius 2 is 1.95 bits per heavy atom. The van der Waals surface area contributed by atoms with Crippen LogP contribution in [0, 0.1) is 6.92 Å². The largest absolute Gasteiger partial charge is 0.470 e. The number of aryl methyl sites for hydroxylation is 1. The summed E-state index contributed by atoms with van der Waals surface area (Å²) in [7, 11) is 0. The Labute approximate surface area is 121 Å². The van der Waals surface area contributed by atoms with Crippen molar-refractivity contribution in [2.24, 2.45) is 0 Å². The summed E-state index contributed by atoms with van der Waals surface area (Å²) in [5.74, 6) is -1.94. The molecule has 0 aliphatic rings. The van der Waals surface area contributed by atoms with E-state index in [0.29, 0.717) is 5.69 Å². The van der Waals surface area contributed by atoms with Crippen molar-refractivity contribution in [2.45, 2.75) is 18.3 Å². The van der Waals surface area contributed by atoms with Crippen molar-refractivity contribution in [1.82, 2.24) is 10.2 Å². The summed E-state index contributed by atoms with van der Waals surface area (Å²) >= 11 is 0.736. The summed E-state index contributed by atoms with van der Waals surface area (Å²) in [6.45, 7) is 1.91. The molecule has 2 rings (SSSR count). The second-order valence-corrected chi connectivity index (χ2v) is 5.00. The number of thioether (sulfide) groups is 1. The van der Waals surface area contributed by atoms with E-state index >= 15 is 0 Å². The second kappa shape index (κ2) is 6.17. The molecule has 1 aromatic carbocycles. The molecule has 112 valence electrons. The van der Waals surface area contributed by atoms with E-state index in [-0.39, 0.29) is 16.9 Å². The van der Waals surface area contributed by atoms with Gasteiger partial charge >= 0.3 is 12.1 Å². The first kappa shape index (κ1) is 15.4. The van der Waals surface area contributed by atoms with Crippen LogP contribution in [0.15, 0.2) is 33.9 Å². The molecule has 2 aromatic rings. The lowest BCUT2D eigenvalue weighted by Crippen LogP contribution is -2.13. The number of amides is 1. The molecule has 0 aliphatic heterocycles. The summed E-state index contributed by atoms with van der Waals surface area (Å²) in [6, 6.07) is 7.12. The van der Waals surface area contributed by atoms with Gasteiger partial charge in [-0.1, -0.05) is 29.5 Å². The molecule has 5 nitrogen and oxygen atoms in total. The van der Waals surface area contributed by atoms with Crippen LogP contribution in [0.5, 0.6) is 0 Å². The maximum absolute atomic E-state index is 12.2. The molecule has 0 atom stereocenters. The molecule has 0 fully saturated rings. The van der Waals surface area contributed by atoms with E-state index in [9.17, 15) is 18.0 Å². The van der Waals surface area contributed by atoms with Crippen LogP contribution in [0.1, 0.15) is 11.5 Å². The van der Waals surface area contributed by atoms with E-state index < -0.39 is 12.1 Å². The highest BCUT2D eigenvalue weighted by molar-refractivity contribution is 7.99. The van der Waals surface area contributed by atoms with Crippen LogP contribution in [-0.4, -0.2) is 21.9 Å². The maximum Gasteiger partial charge on any atom is 0.470 e. The Hall–Kier alpha value is -2.03. The third kappa shape index (κ3) is 4.48. The first-order chi connectivity index (χ1) is 9.84. The second-order valence-electron chi connectivity index (χ2n) is 4.07. The molecule has 21 heavy (non-hydrogen) atoms. The van der Waals surface area contributed by atoms with Crippen LogP contribution in [-0.2, 0) is 11.0 Å². The average molecular weight is 317 g/mol. The number of hydrogen-bond donors (Lipinski definition) is 1. The predicted octanol–water partition coefficient (Wildman–Crippen LogP) is 3.13. The van der Waals surface area contributed by atoms with Crippen LogP contribution in [0.25, 0.3) is 0 Å². The number of hydrogen-bond acceptors (Lipinski definition) is 5. The van der Waals surface area contributed by atoms with Gasteiger partial charge in [-0.3, -0.25) is 4.79 Å². The van der Waals surface area contributed by atoms with Gasteiger partial charge in [-0.2, -0.15) is 13.2 Å². The van der Waals surface area contributed by atoms with E-state index in [2.05, 4.69) is 19.9 Å². The number of alkyl halides is 3. The third-order valence-electron chi connectivity index (χ3n) is 2.31. The molecule has 0 saturated carbocycles. The highest BCUT2D eigenvalue weighted by atomic mass is 32.2. The molecule has 0 radical (unpaired) electrons. The lowest BCUT2D eigenvalue weighted by molar-refractivity contribution is -0.158. The zero-order valence-corrected chi connectivity index (χ0v) is 11.6. The van der Waals surface area contributed by atoms with Crippen molar-refractivity contribution in [2.75, 3.05) is 11.1 Å². The standard InChI is InChI=1S/C12H10F3N3O2S/c1-7-2-4-8(5-3-7)16-9(19)6-21-11-18-17-10(20-11)12(13,14)15/h2-5H,6H2,1H3,(H,16,19). The first-order valence-electron chi connectivity index (χ1n) is 5.74. The molecular weight excluding hydrogens is 307 g/mol. The summed E-state index contributed by atoms with van der Waals surface area (Å²) in [5, 5.41) is 8.38. The molecule has 0 aliphatic carbocycles. The number of benzene rings is 1. The zero-order chi connectivity index (χ0) is 15.5. The fourth-order valence-electron chi connectivity index (χ4n) is 1.34. The minimum Gasteiger partial charge on any atom is -0.408 e. The molecule has 9 heteroatoms. The zero-order valence-electron chi connectivity index (χ0n) is 10.8. The van der Waals surface area contributed by atoms with Gasteiger partial charge in [-0.25, -0.2) is 0 Å². The molecule has 1 aromatic heterocycles. The van der Waals surface area contributed by atoms with Gasteiger partial charge in [-0.05, 0) is 19.1 Å². The Kier molecular flexibility index (Phi) is 4.51. The van der Waals surface area contributed by atoms with Crippen molar-refractivity contribution >= 4 is 23.4 Å². The monoisotopic (exact) mass is 317 g/mol. The fraction of sp³-hybridized carbons (Fsp3) is 0.250.